The third-order valence-electron chi connectivity index (χ3n) is 2.98. The summed E-state index contributed by atoms with van der Waals surface area (Å²) in [4.78, 5) is 24.8. The molecule has 0 bridgehead atoms. The van der Waals surface area contributed by atoms with Crippen molar-refractivity contribution < 1.29 is 9.53 Å². The molecule has 3 aromatic rings. The van der Waals surface area contributed by atoms with Gasteiger partial charge in [-0.05, 0) is 30.0 Å². The third-order valence-corrected chi connectivity index (χ3v) is 4.10. The van der Waals surface area contributed by atoms with Gasteiger partial charge in [-0.1, -0.05) is 11.6 Å². The Balaban J connectivity index is 1.87. The van der Waals surface area contributed by atoms with Crippen molar-refractivity contribution in [3.05, 3.63) is 46.2 Å². The van der Waals surface area contributed by atoms with Crippen molar-refractivity contribution >= 4 is 45.1 Å². The second-order valence-corrected chi connectivity index (χ2v) is 5.97. The number of esters is 1. The van der Waals surface area contributed by atoms with Gasteiger partial charge in [-0.3, -0.25) is 4.98 Å². The van der Waals surface area contributed by atoms with Crippen LogP contribution in [0.3, 0.4) is 0 Å². The standard InChI is InChI=1S/C15H13ClN4O2S/c1-2-22-14(21)12-13-11(3-4-23-13)19-15(20-12)18-7-9-5-10(16)8-17-6-9/h3-6,8H,2,7H2,1H3,(H,18,19,20). The van der Waals surface area contributed by atoms with E-state index in [0.717, 1.165) is 10.3 Å². The Kier molecular flexibility index (Phi) is 4.68. The fraction of sp³-hybridized carbons (Fsp3) is 0.200. The molecule has 0 fully saturated rings. The van der Waals surface area contributed by atoms with Gasteiger partial charge in [-0.2, -0.15) is 0 Å². The zero-order chi connectivity index (χ0) is 16.2. The molecule has 0 saturated heterocycles. The second kappa shape index (κ2) is 6.89. The van der Waals surface area contributed by atoms with Crippen LogP contribution in [-0.2, 0) is 11.3 Å². The molecule has 0 amide bonds. The highest BCUT2D eigenvalue weighted by molar-refractivity contribution is 7.17. The average Bonchev–Trinajstić information content (AvgIpc) is 3.01. The molecule has 3 rings (SSSR count). The van der Waals surface area contributed by atoms with Crippen LogP contribution >= 0.6 is 22.9 Å². The molecule has 0 aromatic carbocycles. The molecule has 0 aliphatic rings. The highest BCUT2D eigenvalue weighted by atomic mass is 35.5. The lowest BCUT2D eigenvalue weighted by Crippen LogP contribution is -2.11. The summed E-state index contributed by atoms with van der Waals surface area (Å²) in [5.41, 5.74) is 1.88. The number of hydrogen-bond acceptors (Lipinski definition) is 7. The fourth-order valence-electron chi connectivity index (χ4n) is 2.01. The van der Waals surface area contributed by atoms with Crippen molar-refractivity contribution in [3.8, 4) is 0 Å². The summed E-state index contributed by atoms with van der Waals surface area (Å²) in [6, 6.07) is 3.65. The summed E-state index contributed by atoms with van der Waals surface area (Å²) in [5.74, 6) is -0.0891. The predicted molar refractivity (Wildman–Crippen MR) is 89.9 cm³/mol. The molecule has 8 heteroatoms. The molecule has 3 heterocycles. The number of anilines is 1. The topological polar surface area (TPSA) is 77.0 Å². The minimum absolute atomic E-state index is 0.276. The lowest BCUT2D eigenvalue weighted by molar-refractivity contribution is 0.0522. The maximum atomic E-state index is 12.1. The average molecular weight is 349 g/mol. The molecule has 0 saturated carbocycles. The van der Waals surface area contributed by atoms with E-state index in [1.807, 2.05) is 11.4 Å². The van der Waals surface area contributed by atoms with Gasteiger partial charge >= 0.3 is 5.97 Å². The molecular weight excluding hydrogens is 336 g/mol. The quantitative estimate of drug-likeness (QED) is 0.711. The highest BCUT2D eigenvalue weighted by Gasteiger charge is 2.17. The van der Waals surface area contributed by atoms with Crippen LogP contribution in [0.4, 0.5) is 5.95 Å². The molecule has 3 aromatic heterocycles. The van der Waals surface area contributed by atoms with Gasteiger partial charge < -0.3 is 10.1 Å². The van der Waals surface area contributed by atoms with Crippen LogP contribution in [0.5, 0.6) is 0 Å². The smallest absolute Gasteiger partial charge is 0.358 e. The number of fused-ring (bicyclic) bond motifs is 1. The molecule has 0 aliphatic heterocycles. The van der Waals surface area contributed by atoms with Crippen LogP contribution in [-0.4, -0.2) is 27.5 Å². The summed E-state index contributed by atoms with van der Waals surface area (Å²) in [6.07, 6.45) is 3.27. The fourth-order valence-corrected chi connectivity index (χ4v) is 3.02. The van der Waals surface area contributed by atoms with E-state index in [4.69, 9.17) is 16.3 Å². The summed E-state index contributed by atoms with van der Waals surface area (Å²) >= 11 is 7.32. The van der Waals surface area contributed by atoms with E-state index in [1.165, 1.54) is 11.3 Å². The first-order valence-electron chi connectivity index (χ1n) is 6.93. The minimum Gasteiger partial charge on any atom is -0.461 e. The SMILES string of the molecule is CCOC(=O)c1nc(NCc2cncc(Cl)c2)nc2ccsc12. The Labute approximate surface area is 141 Å². The number of thiophene rings is 1. The van der Waals surface area contributed by atoms with Gasteiger partial charge in [0.05, 0.1) is 21.8 Å². The van der Waals surface area contributed by atoms with E-state index in [1.54, 1.807) is 25.4 Å². The Morgan fingerprint density at radius 3 is 3.04 bits per heavy atom. The molecule has 118 valence electrons. The number of aromatic nitrogens is 3. The Morgan fingerprint density at radius 1 is 1.39 bits per heavy atom. The zero-order valence-corrected chi connectivity index (χ0v) is 13.8. The molecule has 0 aliphatic carbocycles. The summed E-state index contributed by atoms with van der Waals surface area (Å²) in [7, 11) is 0. The lowest BCUT2D eigenvalue weighted by Gasteiger charge is -2.08. The number of rotatable bonds is 5. The van der Waals surface area contributed by atoms with Crippen LogP contribution < -0.4 is 5.32 Å². The Bertz CT molecular complexity index is 852. The van der Waals surface area contributed by atoms with Gasteiger partial charge in [0, 0.05) is 18.9 Å². The molecule has 0 spiro atoms. The lowest BCUT2D eigenvalue weighted by atomic mass is 10.3. The molecule has 1 N–H and O–H groups in total. The number of pyridine rings is 1. The minimum atomic E-state index is -0.449. The number of hydrogen-bond donors (Lipinski definition) is 1. The summed E-state index contributed by atoms with van der Waals surface area (Å²) in [6.45, 7) is 2.51. The maximum absolute atomic E-state index is 12.1. The second-order valence-electron chi connectivity index (χ2n) is 4.62. The number of carbonyl (C=O) groups is 1. The van der Waals surface area contributed by atoms with E-state index in [9.17, 15) is 4.79 Å². The van der Waals surface area contributed by atoms with E-state index in [0.29, 0.717) is 29.6 Å². The third kappa shape index (κ3) is 3.57. The van der Waals surface area contributed by atoms with Gasteiger partial charge in [0.2, 0.25) is 5.95 Å². The normalized spacial score (nSPS) is 10.7. The van der Waals surface area contributed by atoms with Gasteiger partial charge in [-0.25, -0.2) is 14.8 Å². The van der Waals surface area contributed by atoms with Crippen LogP contribution in [0.25, 0.3) is 10.2 Å². The van der Waals surface area contributed by atoms with E-state index in [2.05, 4.69) is 20.3 Å². The molecular formula is C15H13ClN4O2S. The number of carbonyl (C=O) groups excluding carboxylic acids is 1. The van der Waals surface area contributed by atoms with E-state index >= 15 is 0 Å². The van der Waals surface area contributed by atoms with E-state index < -0.39 is 5.97 Å². The first-order valence-corrected chi connectivity index (χ1v) is 8.19. The van der Waals surface area contributed by atoms with Crippen LogP contribution in [0.1, 0.15) is 23.0 Å². The molecule has 6 nitrogen and oxygen atoms in total. The van der Waals surface area contributed by atoms with Crippen molar-refractivity contribution in [1.29, 1.82) is 0 Å². The molecule has 0 unspecified atom stereocenters. The first-order chi connectivity index (χ1) is 11.2. The van der Waals surface area contributed by atoms with Crippen molar-refractivity contribution in [2.45, 2.75) is 13.5 Å². The number of ether oxygens (including phenoxy) is 1. The van der Waals surface area contributed by atoms with Gasteiger partial charge in [0.15, 0.2) is 5.69 Å². The molecule has 0 atom stereocenters. The summed E-state index contributed by atoms with van der Waals surface area (Å²) in [5, 5.41) is 5.51. The van der Waals surface area contributed by atoms with Gasteiger partial charge in [0.1, 0.15) is 0 Å². The molecule has 0 radical (unpaired) electrons. The van der Waals surface area contributed by atoms with Crippen molar-refractivity contribution in [1.82, 2.24) is 15.0 Å². The monoisotopic (exact) mass is 348 g/mol. The number of nitrogens with one attached hydrogen (secondary N) is 1. The Morgan fingerprint density at radius 2 is 2.26 bits per heavy atom. The largest absolute Gasteiger partial charge is 0.461 e. The van der Waals surface area contributed by atoms with Crippen molar-refractivity contribution in [2.24, 2.45) is 0 Å². The van der Waals surface area contributed by atoms with Crippen LogP contribution in [0, 0.1) is 0 Å². The Hall–Kier alpha value is -2.25. The zero-order valence-electron chi connectivity index (χ0n) is 12.2. The predicted octanol–water partition coefficient (Wildman–Crippen LogP) is 3.53. The summed E-state index contributed by atoms with van der Waals surface area (Å²) < 4.78 is 5.78. The number of nitrogens with zero attached hydrogens (tertiary/aromatic N) is 3. The molecule has 23 heavy (non-hydrogen) atoms. The van der Waals surface area contributed by atoms with Crippen LogP contribution in [0.15, 0.2) is 29.9 Å². The number of halogens is 1. The van der Waals surface area contributed by atoms with Crippen molar-refractivity contribution in [3.63, 3.8) is 0 Å². The van der Waals surface area contributed by atoms with Gasteiger partial charge in [0.25, 0.3) is 0 Å². The van der Waals surface area contributed by atoms with Crippen LogP contribution in [0.2, 0.25) is 5.02 Å². The van der Waals surface area contributed by atoms with Crippen molar-refractivity contribution in [2.75, 3.05) is 11.9 Å². The van der Waals surface area contributed by atoms with E-state index in [-0.39, 0.29) is 5.69 Å². The highest BCUT2D eigenvalue weighted by Crippen LogP contribution is 2.24. The van der Waals surface area contributed by atoms with Gasteiger partial charge in [-0.15, -0.1) is 11.3 Å². The first kappa shape index (κ1) is 15.6. The maximum Gasteiger partial charge on any atom is 0.358 e.